The SMILES string of the molecule is NCCC(=O)N1CCN(CC2CC2)CC1. The second-order valence-electron chi connectivity index (χ2n) is 4.66. The molecule has 2 fully saturated rings. The van der Waals surface area contributed by atoms with Gasteiger partial charge in [0.1, 0.15) is 0 Å². The molecule has 4 nitrogen and oxygen atoms in total. The molecular formula is C11H21N3O. The number of amides is 1. The summed E-state index contributed by atoms with van der Waals surface area (Å²) < 4.78 is 0. The molecule has 1 heterocycles. The maximum absolute atomic E-state index is 11.6. The molecule has 0 bridgehead atoms. The lowest BCUT2D eigenvalue weighted by Crippen LogP contribution is -2.49. The first-order valence-electron chi connectivity index (χ1n) is 6.00. The molecule has 1 aliphatic heterocycles. The van der Waals surface area contributed by atoms with E-state index >= 15 is 0 Å². The van der Waals surface area contributed by atoms with E-state index in [0.717, 1.165) is 32.1 Å². The number of nitrogens with two attached hydrogens (primary N) is 1. The Kier molecular flexibility index (Phi) is 3.59. The third kappa shape index (κ3) is 3.18. The second-order valence-corrected chi connectivity index (χ2v) is 4.66. The van der Waals surface area contributed by atoms with Crippen LogP contribution in [0, 0.1) is 5.92 Å². The van der Waals surface area contributed by atoms with Crippen molar-refractivity contribution in [2.75, 3.05) is 39.3 Å². The summed E-state index contributed by atoms with van der Waals surface area (Å²) in [5, 5.41) is 0. The summed E-state index contributed by atoms with van der Waals surface area (Å²) in [6.45, 7) is 5.61. The van der Waals surface area contributed by atoms with Gasteiger partial charge in [-0.1, -0.05) is 0 Å². The fourth-order valence-corrected chi connectivity index (χ4v) is 2.13. The van der Waals surface area contributed by atoms with Crippen LogP contribution in [0.2, 0.25) is 0 Å². The van der Waals surface area contributed by atoms with Crippen LogP contribution in [0.15, 0.2) is 0 Å². The Labute approximate surface area is 91.4 Å². The van der Waals surface area contributed by atoms with Crippen molar-refractivity contribution < 1.29 is 4.79 Å². The first kappa shape index (κ1) is 10.9. The van der Waals surface area contributed by atoms with Crippen LogP contribution in [0.4, 0.5) is 0 Å². The molecule has 1 aliphatic carbocycles. The van der Waals surface area contributed by atoms with Crippen LogP contribution in [0.1, 0.15) is 19.3 Å². The fourth-order valence-electron chi connectivity index (χ4n) is 2.13. The highest BCUT2D eigenvalue weighted by Crippen LogP contribution is 2.29. The van der Waals surface area contributed by atoms with Crippen LogP contribution in [0.5, 0.6) is 0 Å². The summed E-state index contributed by atoms with van der Waals surface area (Å²) in [5.41, 5.74) is 5.38. The number of hydrogen-bond donors (Lipinski definition) is 1. The molecule has 0 radical (unpaired) electrons. The Hall–Kier alpha value is -0.610. The predicted octanol–water partition coefficient (Wildman–Crippen LogP) is -0.111. The Balaban J connectivity index is 1.68. The largest absolute Gasteiger partial charge is 0.340 e. The minimum atomic E-state index is 0.226. The lowest BCUT2D eigenvalue weighted by atomic mass is 10.2. The summed E-state index contributed by atoms with van der Waals surface area (Å²) in [6.07, 6.45) is 3.32. The van der Waals surface area contributed by atoms with E-state index in [1.54, 1.807) is 0 Å². The molecule has 15 heavy (non-hydrogen) atoms. The van der Waals surface area contributed by atoms with Crippen LogP contribution in [0.3, 0.4) is 0 Å². The molecule has 0 aromatic heterocycles. The molecule has 1 saturated heterocycles. The number of rotatable bonds is 4. The monoisotopic (exact) mass is 211 g/mol. The van der Waals surface area contributed by atoms with Crippen molar-refractivity contribution in [1.82, 2.24) is 9.80 Å². The van der Waals surface area contributed by atoms with Crippen LogP contribution >= 0.6 is 0 Å². The molecule has 2 rings (SSSR count). The minimum absolute atomic E-state index is 0.226. The average molecular weight is 211 g/mol. The number of nitrogens with zero attached hydrogens (tertiary/aromatic N) is 2. The van der Waals surface area contributed by atoms with Crippen molar-refractivity contribution in [3.63, 3.8) is 0 Å². The van der Waals surface area contributed by atoms with Crippen molar-refractivity contribution >= 4 is 5.91 Å². The van der Waals surface area contributed by atoms with Gasteiger partial charge in [0.2, 0.25) is 5.91 Å². The maximum Gasteiger partial charge on any atom is 0.223 e. The quantitative estimate of drug-likeness (QED) is 0.706. The van der Waals surface area contributed by atoms with Gasteiger partial charge in [-0.05, 0) is 18.8 Å². The third-order valence-electron chi connectivity index (χ3n) is 3.30. The summed E-state index contributed by atoms with van der Waals surface area (Å²) >= 11 is 0. The van der Waals surface area contributed by atoms with E-state index < -0.39 is 0 Å². The summed E-state index contributed by atoms with van der Waals surface area (Å²) in [5.74, 6) is 1.18. The standard InChI is InChI=1S/C11H21N3O/c12-4-3-11(15)14-7-5-13(6-8-14)9-10-1-2-10/h10H,1-9,12H2. The summed E-state index contributed by atoms with van der Waals surface area (Å²) in [6, 6.07) is 0. The molecule has 0 aromatic rings. The molecule has 1 saturated carbocycles. The van der Waals surface area contributed by atoms with Gasteiger partial charge in [0, 0.05) is 45.7 Å². The molecule has 1 amide bonds. The van der Waals surface area contributed by atoms with Crippen LogP contribution in [-0.4, -0.2) is 55.0 Å². The Bertz CT molecular complexity index is 220. The molecule has 86 valence electrons. The van der Waals surface area contributed by atoms with E-state index in [1.165, 1.54) is 19.4 Å². The highest BCUT2D eigenvalue weighted by atomic mass is 16.2. The highest BCUT2D eigenvalue weighted by molar-refractivity contribution is 5.76. The zero-order valence-corrected chi connectivity index (χ0v) is 9.32. The van der Waals surface area contributed by atoms with E-state index in [9.17, 15) is 4.79 Å². The molecule has 0 aromatic carbocycles. The maximum atomic E-state index is 11.6. The molecule has 4 heteroatoms. The van der Waals surface area contributed by atoms with Gasteiger partial charge in [0.05, 0.1) is 0 Å². The predicted molar refractivity (Wildman–Crippen MR) is 59.4 cm³/mol. The van der Waals surface area contributed by atoms with Gasteiger partial charge in [0.25, 0.3) is 0 Å². The van der Waals surface area contributed by atoms with Gasteiger partial charge in [-0.3, -0.25) is 9.69 Å². The van der Waals surface area contributed by atoms with Crippen molar-refractivity contribution in [2.45, 2.75) is 19.3 Å². The Morgan fingerprint density at radius 3 is 2.40 bits per heavy atom. The van der Waals surface area contributed by atoms with Gasteiger partial charge in [0.15, 0.2) is 0 Å². The first-order valence-corrected chi connectivity index (χ1v) is 6.00. The van der Waals surface area contributed by atoms with Gasteiger partial charge < -0.3 is 10.6 Å². The summed E-state index contributed by atoms with van der Waals surface area (Å²) in [4.78, 5) is 16.0. The molecule has 0 spiro atoms. The fraction of sp³-hybridized carbons (Fsp3) is 0.909. The zero-order chi connectivity index (χ0) is 10.7. The number of piperazine rings is 1. The normalized spacial score (nSPS) is 23.1. The van der Waals surface area contributed by atoms with Crippen molar-refractivity contribution in [1.29, 1.82) is 0 Å². The summed E-state index contributed by atoms with van der Waals surface area (Å²) in [7, 11) is 0. The van der Waals surface area contributed by atoms with Gasteiger partial charge in [-0.2, -0.15) is 0 Å². The molecular weight excluding hydrogens is 190 g/mol. The number of carbonyl (C=O) groups is 1. The molecule has 2 aliphatic rings. The Morgan fingerprint density at radius 1 is 1.20 bits per heavy atom. The van der Waals surface area contributed by atoms with E-state index in [0.29, 0.717) is 13.0 Å². The minimum Gasteiger partial charge on any atom is -0.340 e. The average Bonchev–Trinajstić information content (AvgIpc) is 3.03. The molecule has 0 atom stereocenters. The molecule has 0 unspecified atom stereocenters. The van der Waals surface area contributed by atoms with Crippen molar-refractivity contribution in [2.24, 2.45) is 11.7 Å². The van der Waals surface area contributed by atoms with Crippen molar-refractivity contribution in [3.05, 3.63) is 0 Å². The Morgan fingerprint density at radius 2 is 1.87 bits per heavy atom. The van der Waals surface area contributed by atoms with Gasteiger partial charge in [-0.15, -0.1) is 0 Å². The van der Waals surface area contributed by atoms with Gasteiger partial charge >= 0.3 is 0 Å². The third-order valence-corrected chi connectivity index (χ3v) is 3.30. The zero-order valence-electron chi connectivity index (χ0n) is 9.32. The lowest BCUT2D eigenvalue weighted by molar-refractivity contribution is -0.132. The van der Waals surface area contributed by atoms with Crippen LogP contribution < -0.4 is 5.73 Å². The van der Waals surface area contributed by atoms with E-state index in [4.69, 9.17) is 5.73 Å². The second kappa shape index (κ2) is 4.94. The molecule has 2 N–H and O–H groups in total. The van der Waals surface area contributed by atoms with E-state index in [2.05, 4.69) is 4.90 Å². The topological polar surface area (TPSA) is 49.6 Å². The van der Waals surface area contributed by atoms with Crippen LogP contribution in [0.25, 0.3) is 0 Å². The number of carbonyl (C=O) groups excluding carboxylic acids is 1. The van der Waals surface area contributed by atoms with E-state index in [-0.39, 0.29) is 5.91 Å². The lowest BCUT2D eigenvalue weighted by Gasteiger charge is -2.34. The van der Waals surface area contributed by atoms with Gasteiger partial charge in [-0.25, -0.2) is 0 Å². The van der Waals surface area contributed by atoms with Crippen molar-refractivity contribution in [3.8, 4) is 0 Å². The number of hydrogen-bond acceptors (Lipinski definition) is 3. The van der Waals surface area contributed by atoms with Crippen LogP contribution in [-0.2, 0) is 4.79 Å². The van der Waals surface area contributed by atoms with E-state index in [1.807, 2.05) is 4.90 Å². The highest BCUT2D eigenvalue weighted by Gasteiger charge is 2.27. The first-order chi connectivity index (χ1) is 7.29. The smallest absolute Gasteiger partial charge is 0.223 e.